The van der Waals surface area contributed by atoms with Gasteiger partial charge < -0.3 is 4.74 Å². The first-order valence-electron chi connectivity index (χ1n) is 9.24. The van der Waals surface area contributed by atoms with Crippen molar-refractivity contribution < 1.29 is 17.9 Å². The molecule has 1 aliphatic carbocycles. The number of hydrogen-bond donors (Lipinski definition) is 0. The number of alkyl halides is 2. The lowest BCUT2D eigenvalue weighted by Crippen LogP contribution is -2.10. The summed E-state index contributed by atoms with van der Waals surface area (Å²) in [4.78, 5) is 0. The molecule has 0 heterocycles. The summed E-state index contributed by atoms with van der Waals surface area (Å²) in [5, 5.41) is 0. The third-order valence-electron chi connectivity index (χ3n) is 5.41. The molecule has 0 saturated heterocycles. The minimum atomic E-state index is -2.90. The van der Waals surface area contributed by atoms with Crippen molar-refractivity contribution in [2.45, 2.75) is 58.5 Å². The van der Waals surface area contributed by atoms with E-state index in [-0.39, 0.29) is 17.9 Å². The molecule has 2 aromatic rings. The van der Waals surface area contributed by atoms with Gasteiger partial charge in [-0.3, -0.25) is 0 Å². The Kier molecular flexibility index (Phi) is 5.90. The first kappa shape index (κ1) is 18.8. The van der Waals surface area contributed by atoms with Crippen LogP contribution in [-0.4, -0.2) is 0 Å². The van der Waals surface area contributed by atoms with Gasteiger partial charge in [0.1, 0.15) is 18.2 Å². The number of hydrogen-bond acceptors (Lipinski definition) is 1. The lowest BCUT2D eigenvalue weighted by Gasteiger charge is -2.26. The molecule has 0 atom stereocenters. The van der Waals surface area contributed by atoms with Gasteiger partial charge >= 0.3 is 0 Å². The highest BCUT2D eigenvalue weighted by atomic mass is 19.3. The highest BCUT2D eigenvalue weighted by Crippen LogP contribution is 2.36. The SMILES string of the molecule is Cc1ccc(OCc2ccc(C3CCC(C)CC3)cc2)c(C(F)F)c1F. The minimum absolute atomic E-state index is 0.0894. The Morgan fingerprint density at radius 2 is 1.65 bits per heavy atom. The maximum Gasteiger partial charge on any atom is 0.270 e. The molecule has 0 aromatic heterocycles. The average Bonchev–Trinajstić information content (AvgIpc) is 2.63. The summed E-state index contributed by atoms with van der Waals surface area (Å²) in [6.07, 6.45) is 2.07. The zero-order valence-corrected chi connectivity index (χ0v) is 15.3. The second-order valence-corrected chi connectivity index (χ2v) is 7.40. The van der Waals surface area contributed by atoms with Gasteiger partial charge in [0.15, 0.2) is 0 Å². The minimum Gasteiger partial charge on any atom is -0.488 e. The number of halogens is 3. The van der Waals surface area contributed by atoms with Crippen LogP contribution < -0.4 is 4.74 Å². The second kappa shape index (κ2) is 8.15. The summed E-state index contributed by atoms with van der Waals surface area (Å²) in [6, 6.07) is 11.0. The first-order chi connectivity index (χ1) is 12.5. The van der Waals surface area contributed by atoms with Gasteiger partial charge in [-0.2, -0.15) is 0 Å². The molecule has 0 amide bonds. The molecule has 0 radical (unpaired) electrons. The van der Waals surface area contributed by atoms with E-state index in [0.29, 0.717) is 5.92 Å². The van der Waals surface area contributed by atoms with Gasteiger partial charge in [-0.25, -0.2) is 13.2 Å². The number of rotatable bonds is 5. The van der Waals surface area contributed by atoms with Gasteiger partial charge in [0, 0.05) is 0 Å². The van der Waals surface area contributed by atoms with E-state index in [1.807, 2.05) is 12.1 Å². The largest absolute Gasteiger partial charge is 0.488 e. The number of benzene rings is 2. The third-order valence-corrected chi connectivity index (χ3v) is 5.41. The molecule has 0 spiro atoms. The number of ether oxygens (including phenoxy) is 1. The quantitative estimate of drug-likeness (QED) is 0.559. The van der Waals surface area contributed by atoms with Crippen molar-refractivity contribution in [3.63, 3.8) is 0 Å². The van der Waals surface area contributed by atoms with Crippen molar-refractivity contribution in [2.24, 2.45) is 5.92 Å². The average molecular weight is 362 g/mol. The van der Waals surface area contributed by atoms with Crippen LogP contribution in [0.15, 0.2) is 36.4 Å². The van der Waals surface area contributed by atoms with Crippen LogP contribution in [0.5, 0.6) is 5.75 Å². The van der Waals surface area contributed by atoms with Crippen LogP contribution >= 0.6 is 0 Å². The van der Waals surface area contributed by atoms with Gasteiger partial charge in [0.25, 0.3) is 6.43 Å². The standard InChI is InChI=1S/C22H25F3O/c1-14-3-8-17(9-4-14)18-10-6-16(7-11-18)13-26-19-12-5-15(2)21(23)20(19)22(24)25/h5-7,10-12,14,17,22H,3-4,8-9,13H2,1-2H3. The summed E-state index contributed by atoms with van der Waals surface area (Å²) in [5.41, 5.74) is 1.76. The van der Waals surface area contributed by atoms with Crippen molar-refractivity contribution in [1.29, 1.82) is 0 Å². The fraction of sp³-hybridized carbons (Fsp3) is 0.455. The normalized spacial score (nSPS) is 20.4. The molecule has 140 valence electrons. The summed E-state index contributed by atoms with van der Waals surface area (Å²) >= 11 is 0. The van der Waals surface area contributed by atoms with E-state index < -0.39 is 17.8 Å². The van der Waals surface area contributed by atoms with E-state index in [9.17, 15) is 13.2 Å². The maximum absolute atomic E-state index is 14.0. The molecule has 3 rings (SSSR count). The van der Waals surface area contributed by atoms with Crippen LogP contribution in [0.4, 0.5) is 13.2 Å². The van der Waals surface area contributed by atoms with Gasteiger partial charge in [0.2, 0.25) is 0 Å². The Hall–Kier alpha value is -1.97. The highest BCUT2D eigenvalue weighted by molar-refractivity contribution is 5.39. The highest BCUT2D eigenvalue weighted by Gasteiger charge is 2.22. The molecule has 26 heavy (non-hydrogen) atoms. The van der Waals surface area contributed by atoms with Crippen molar-refractivity contribution in [1.82, 2.24) is 0 Å². The monoisotopic (exact) mass is 362 g/mol. The Balaban J connectivity index is 1.66. The van der Waals surface area contributed by atoms with E-state index in [2.05, 4.69) is 19.1 Å². The Bertz CT molecular complexity index is 732. The van der Waals surface area contributed by atoms with Crippen LogP contribution in [0.3, 0.4) is 0 Å². The molecule has 0 aliphatic heterocycles. The van der Waals surface area contributed by atoms with Crippen LogP contribution in [-0.2, 0) is 6.61 Å². The van der Waals surface area contributed by atoms with Gasteiger partial charge in [0.05, 0.1) is 5.56 Å². The van der Waals surface area contributed by atoms with Crippen LogP contribution in [0, 0.1) is 18.7 Å². The Morgan fingerprint density at radius 1 is 1.00 bits per heavy atom. The molecular weight excluding hydrogens is 337 g/mol. The van der Waals surface area contributed by atoms with Crippen LogP contribution in [0.2, 0.25) is 0 Å². The van der Waals surface area contributed by atoms with Gasteiger partial charge in [-0.05, 0) is 54.4 Å². The molecule has 0 bridgehead atoms. The van der Waals surface area contributed by atoms with E-state index in [4.69, 9.17) is 4.74 Å². The summed E-state index contributed by atoms with van der Waals surface area (Å²) in [5.74, 6) is 0.448. The lowest BCUT2D eigenvalue weighted by molar-refractivity contribution is 0.139. The Labute approximate surface area is 153 Å². The smallest absolute Gasteiger partial charge is 0.270 e. The van der Waals surface area contributed by atoms with Crippen LogP contribution in [0.1, 0.15) is 67.2 Å². The molecule has 0 N–H and O–H groups in total. The predicted octanol–water partition coefficient (Wildman–Crippen LogP) is 6.94. The fourth-order valence-corrected chi connectivity index (χ4v) is 3.65. The molecule has 1 fully saturated rings. The van der Waals surface area contributed by atoms with Crippen molar-refractivity contribution >= 4 is 0 Å². The van der Waals surface area contributed by atoms with Crippen molar-refractivity contribution in [3.05, 3.63) is 64.5 Å². The third kappa shape index (κ3) is 4.22. The molecule has 1 saturated carbocycles. The first-order valence-corrected chi connectivity index (χ1v) is 9.24. The molecular formula is C22H25F3O. The topological polar surface area (TPSA) is 9.23 Å². The fourth-order valence-electron chi connectivity index (χ4n) is 3.65. The van der Waals surface area contributed by atoms with E-state index in [1.165, 1.54) is 50.3 Å². The lowest BCUT2D eigenvalue weighted by atomic mass is 9.79. The molecule has 0 unspecified atom stereocenters. The molecule has 1 nitrogen and oxygen atoms in total. The zero-order chi connectivity index (χ0) is 18.7. The maximum atomic E-state index is 14.0. The summed E-state index contributed by atoms with van der Waals surface area (Å²) < 4.78 is 45.8. The number of aryl methyl sites for hydroxylation is 1. The van der Waals surface area contributed by atoms with Gasteiger partial charge in [-0.15, -0.1) is 0 Å². The van der Waals surface area contributed by atoms with E-state index >= 15 is 0 Å². The summed E-state index contributed by atoms with van der Waals surface area (Å²) in [7, 11) is 0. The van der Waals surface area contributed by atoms with E-state index in [0.717, 1.165) is 11.5 Å². The molecule has 4 heteroatoms. The summed E-state index contributed by atoms with van der Waals surface area (Å²) in [6.45, 7) is 3.91. The second-order valence-electron chi connectivity index (χ2n) is 7.40. The van der Waals surface area contributed by atoms with E-state index in [1.54, 1.807) is 0 Å². The van der Waals surface area contributed by atoms with Gasteiger partial charge in [-0.1, -0.05) is 50.1 Å². The Morgan fingerprint density at radius 3 is 2.27 bits per heavy atom. The van der Waals surface area contributed by atoms with Crippen molar-refractivity contribution in [2.75, 3.05) is 0 Å². The zero-order valence-electron chi connectivity index (χ0n) is 15.3. The molecule has 2 aromatic carbocycles. The van der Waals surface area contributed by atoms with Crippen LogP contribution in [0.25, 0.3) is 0 Å². The molecule has 1 aliphatic rings. The van der Waals surface area contributed by atoms with Crippen molar-refractivity contribution in [3.8, 4) is 5.75 Å². The predicted molar refractivity (Wildman–Crippen MR) is 97.2 cm³/mol.